The number of amides is 1. The minimum absolute atomic E-state index is 0.00726. The topological polar surface area (TPSA) is 34.0 Å². The zero-order valence-corrected chi connectivity index (χ0v) is 14.7. The molecule has 2 heterocycles. The van der Waals surface area contributed by atoms with Crippen LogP contribution >= 0.6 is 0 Å². The lowest BCUT2D eigenvalue weighted by molar-refractivity contribution is -0.120. The van der Waals surface area contributed by atoms with Gasteiger partial charge in [-0.2, -0.15) is 0 Å². The van der Waals surface area contributed by atoms with Crippen LogP contribution in [0.3, 0.4) is 0 Å². The van der Waals surface area contributed by atoms with Crippen LogP contribution in [0.5, 0.6) is 0 Å². The van der Waals surface area contributed by atoms with Crippen LogP contribution in [-0.2, 0) is 11.3 Å². The fourth-order valence-electron chi connectivity index (χ4n) is 3.93. The first kappa shape index (κ1) is 17.5. The van der Waals surface area contributed by atoms with Crippen molar-refractivity contribution in [2.24, 2.45) is 5.92 Å². The van der Waals surface area contributed by atoms with E-state index in [-0.39, 0.29) is 23.4 Å². The zero-order chi connectivity index (χ0) is 18.8. The predicted molar refractivity (Wildman–Crippen MR) is 100 cm³/mol. The second-order valence-corrected chi connectivity index (χ2v) is 6.88. The number of nitrogens with one attached hydrogen (secondary N) is 1. The lowest BCUT2D eigenvalue weighted by Gasteiger charge is -2.25. The Bertz CT molecular complexity index is 952. The van der Waals surface area contributed by atoms with Gasteiger partial charge in [-0.1, -0.05) is 30.3 Å². The van der Waals surface area contributed by atoms with Crippen molar-refractivity contribution in [2.45, 2.75) is 25.3 Å². The normalized spacial score (nSPS) is 19.2. The molecule has 1 aliphatic rings. The Kier molecular flexibility index (Phi) is 4.75. The van der Waals surface area contributed by atoms with Crippen LogP contribution < -0.4 is 5.32 Å². The number of hydrogen-bond acceptors (Lipinski definition) is 1. The molecule has 5 heteroatoms. The largest absolute Gasteiger partial charge is 0.351 e. The smallest absolute Gasteiger partial charge is 0.228 e. The molecule has 0 radical (unpaired) electrons. The molecule has 0 bridgehead atoms. The average Bonchev–Trinajstić information content (AvgIpc) is 3.04. The molecule has 138 valence electrons. The van der Waals surface area contributed by atoms with E-state index in [1.807, 2.05) is 48.7 Å². The Hall–Kier alpha value is -2.95. The number of aryl methyl sites for hydroxylation is 1. The molecule has 0 fully saturated rings. The molecule has 27 heavy (non-hydrogen) atoms. The first-order valence-corrected chi connectivity index (χ1v) is 9.09. The lowest BCUT2D eigenvalue weighted by atomic mass is 9.81. The summed E-state index contributed by atoms with van der Waals surface area (Å²) >= 11 is 0. The SMILES string of the molecule is O=C(Nc1ccc(F)cc1F)C1CCCn2cccc2C1c1ccccc1. The van der Waals surface area contributed by atoms with E-state index in [1.165, 1.54) is 6.07 Å². The van der Waals surface area contributed by atoms with Crippen molar-refractivity contribution in [1.82, 2.24) is 4.57 Å². The number of halogens is 2. The van der Waals surface area contributed by atoms with Crippen molar-refractivity contribution >= 4 is 11.6 Å². The molecule has 3 aromatic rings. The summed E-state index contributed by atoms with van der Waals surface area (Å²) in [6.07, 6.45) is 3.58. The average molecular weight is 366 g/mol. The number of benzene rings is 2. The molecule has 2 atom stereocenters. The molecule has 0 saturated heterocycles. The van der Waals surface area contributed by atoms with Gasteiger partial charge in [-0.15, -0.1) is 0 Å². The molecular weight excluding hydrogens is 346 g/mol. The Labute approximate surface area is 156 Å². The quantitative estimate of drug-likeness (QED) is 0.699. The third-order valence-electron chi connectivity index (χ3n) is 5.18. The van der Waals surface area contributed by atoms with Gasteiger partial charge < -0.3 is 9.88 Å². The van der Waals surface area contributed by atoms with Crippen molar-refractivity contribution in [3.63, 3.8) is 0 Å². The van der Waals surface area contributed by atoms with Crippen molar-refractivity contribution in [2.75, 3.05) is 5.32 Å². The van der Waals surface area contributed by atoms with Gasteiger partial charge in [-0.05, 0) is 42.7 Å². The first-order chi connectivity index (χ1) is 13.1. The van der Waals surface area contributed by atoms with Gasteiger partial charge in [0.15, 0.2) is 0 Å². The number of fused-ring (bicyclic) bond motifs is 1. The maximum Gasteiger partial charge on any atom is 0.228 e. The minimum atomic E-state index is -0.767. The summed E-state index contributed by atoms with van der Waals surface area (Å²) in [4.78, 5) is 13.1. The number of carbonyl (C=O) groups is 1. The third kappa shape index (κ3) is 3.50. The number of anilines is 1. The number of nitrogens with zero attached hydrogens (tertiary/aromatic N) is 1. The highest BCUT2D eigenvalue weighted by molar-refractivity contribution is 5.93. The fraction of sp³-hybridized carbons (Fsp3) is 0.227. The van der Waals surface area contributed by atoms with Crippen LogP contribution in [-0.4, -0.2) is 10.5 Å². The summed E-state index contributed by atoms with van der Waals surface area (Å²) in [6.45, 7) is 0.848. The van der Waals surface area contributed by atoms with Crippen molar-refractivity contribution < 1.29 is 13.6 Å². The van der Waals surface area contributed by atoms with Crippen LogP contribution in [0.25, 0.3) is 0 Å². The summed E-state index contributed by atoms with van der Waals surface area (Å²) < 4.78 is 29.3. The van der Waals surface area contributed by atoms with Crippen molar-refractivity contribution in [3.8, 4) is 0 Å². The van der Waals surface area contributed by atoms with E-state index < -0.39 is 11.6 Å². The Morgan fingerprint density at radius 1 is 1.04 bits per heavy atom. The summed E-state index contributed by atoms with van der Waals surface area (Å²) in [5.74, 6) is -2.14. The number of aromatic nitrogens is 1. The molecule has 0 aliphatic carbocycles. The maximum atomic E-state index is 14.0. The molecule has 1 aliphatic heterocycles. The Morgan fingerprint density at radius 3 is 2.63 bits per heavy atom. The highest BCUT2D eigenvalue weighted by atomic mass is 19.1. The maximum absolute atomic E-state index is 14.0. The van der Waals surface area contributed by atoms with E-state index in [0.717, 1.165) is 36.4 Å². The van der Waals surface area contributed by atoms with Crippen molar-refractivity contribution in [3.05, 3.63) is 89.8 Å². The van der Waals surface area contributed by atoms with Gasteiger partial charge in [-0.25, -0.2) is 8.78 Å². The van der Waals surface area contributed by atoms with Crippen LogP contribution in [0.4, 0.5) is 14.5 Å². The van der Waals surface area contributed by atoms with Gasteiger partial charge in [0.1, 0.15) is 11.6 Å². The second kappa shape index (κ2) is 7.35. The summed E-state index contributed by atoms with van der Waals surface area (Å²) in [7, 11) is 0. The van der Waals surface area contributed by atoms with Crippen molar-refractivity contribution in [1.29, 1.82) is 0 Å². The van der Waals surface area contributed by atoms with Gasteiger partial charge in [0.2, 0.25) is 5.91 Å². The molecular formula is C22H20F2N2O. The van der Waals surface area contributed by atoms with Crippen LogP contribution in [0.2, 0.25) is 0 Å². The molecule has 1 N–H and O–H groups in total. The molecule has 2 aromatic carbocycles. The van der Waals surface area contributed by atoms with E-state index in [4.69, 9.17) is 0 Å². The van der Waals surface area contributed by atoms with Gasteiger partial charge in [0.05, 0.1) is 11.6 Å². The van der Waals surface area contributed by atoms with Crippen LogP contribution in [0.1, 0.15) is 30.0 Å². The van der Waals surface area contributed by atoms with E-state index >= 15 is 0 Å². The van der Waals surface area contributed by atoms with Crippen LogP contribution in [0.15, 0.2) is 66.9 Å². The molecule has 1 amide bonds. The highest BCUT2D eigenvalue weighted by Crippen LogP contribution is 2.38. The van der Waals surface area contributed by atoms with E-state index in [2.05, 4.69) is 9.88 Å². The van der Waals surface area contributed by atoms with Gasteiger partial charge in [0.25, 0.3) is 0 Å². The van der Waals surface area contributed by atoms with Gasteiger partial charge in [-0.3, -0.25) is 4.79 Å². The molecule has 0 saturated carbocycles. The Balaban J connectivity index is 1.69. The summed E-state index contributed by atoms with van der Waals surface area (Å²) in [6, 6.07) is 17.1. The molecule has 3 nitrogen and oxygen atoms in total. The fourth-order valence-corrected chi connectivity index (χ4v) is 3.93. The van der Waals surface area contributed by atoms with Gasteiger partial charge in [0, 0.05) is 30.4 Å². The number of hydrogen-bond donors (Lipinski definition) is 1. The molecule has 2 unspecified atom stereocenters. The Morgan fingerprint density at radius 2 is 1.85 bits per heavy atom. The molecule has 0 spiro atoms. The zero-order valence-electron chi connectivity index (χ0n) is 14.7. The monoisotopic (exact) mass is 366 g/mol. The van der Waals surface area contributed by atoms with E-state index in [1.54, 1.807) is 0 Å². The van der Waals surface area contributed by atoms with E-state index in [0.29, 0.717) is 6.42 Å². The lowest BCUT2D eigenvalue weighted by Crippen LogP contribution is -2.29. The summed E-state index contributed by atoms with van der Waals surface area (Å²) in [5.41, 5.74) is 2.14. The summed E-state index contributed by atoms with van der Waals surface area (Å²) in [5, 5.41) is 2.67. The van der Waals surface area contributed by atoms with Crippen LogP contribution in [0, 0.1) is 17.6 Å². The first-order valence-electron chi connectivity index (χ1n) is 9.09. The molecule has 4 rings (SSSR count). The number of rotatable bonds is 3. The van der Waals surface area contributed by atoms with Gasteiger partial charge >= 0.3 is 0 Å². The highest BCUT2D eigenvalue weighted by Gasteiger charge is 2.34. The predicted octanol–water partition coefficient (Wildman–Crippen LogP) is 4.95. The third-order valence-corrected chi connectivity index (χ3v) is 5.18. The second-order valence-electron chi connectivity index (χ2n) is 6.88. The standard InChI is InChI=1S/C22H20F2N2O/c23-16-10-11-19(18(24)14-16)25-22(27)17-8-4-12-26-13-5-9-20(26)21(17)15-6-2-1-3-7-15/h1-3,5-7,9-11,13-14,17,21H,4,8,12H2,(H,25,27). The van der Waals surface area contributed by atoms with E-state index in [9.17, 15) is 13.6 Å². The molecule has 1 aromatic heterocycles. The minimum Gasteiger partial charge on any atom is -0.351 e. The number of carbonyl (C=O) groups excluding carboxylic acids is 1.